The summed E-state index contributed by atoms with van der Waals surface area (Å²) < 4.78 is 28.1. The molecule has 0 saturated carbocycles. The van der Waals surface area contributed by atoms with Crippen LogP contribution in [0.5, 0.6) is 0 Å². The highest BCUT2D eigenvalue weighted by atomic mass is 32.2. The Labute approximate surface area is 115 Å². The number of benzene rings is 1. The molecule has 0 aliphatic carbocycles. The minimum absolute atomic E-state index is 0.0995. The Morgan fingerprint density at radius 2 is 2.00 bits per heavy atom. The van der Waals surface area contributed by atoms with Gasteiger partial charge in [-0.2, -0.15) is 0 Å². The first-order valence-corrected chi connectivity index (χ1v) is 7.68. The van der Waals surface area contributed by atoms with Gasteiger partial charge in [0.05, 0.1) is 11.4 Å². The van der Waals surface area contributed by atoms with E-state index in [0.717, 1.165) is 17.5 Å². The first-order chi connectivity index (χ1) is 8.79. The van der Waals surface area contributed by atoms with Gasteiger partial charge >= 0.3 is 0 Å². The van der Waals surface area contributed by atoms with Crippen LogP contribution in [0.3, 0.4) is 0 Å². The SMILES string of the molecule is Cc1nc(Sc2cccc(S(N)(=O)=O)c2N)oc1C. The normalized spacial score (nSPS) is 11.7. The molecule has 102 valence electrons. The Kier molecular flexibility index (Phi) is 3.57. The number of nitrogen functional groups attached to an aromatic ring is 1. The van der Waals surface area contributed by atoms with E-state index in [9.17, 15) is 8.42 Å². The fourth-order valence-electron chi connectivity index (χ4n) is 1.44. The quantitative estimate of drug-likeness (QED) is 0.834. The molecule has 0 unspecified atom stereocenters. The lowest BCUT2D eigenvalue weighted by Crippen LogP contribution is -2.14. The molecular formula is C11H13N3O3S2. The van der Waals surface area contributed by atoms with E-state index < -0.39 is 10.0 Å². The number of hydrogen-bond acceptors (Lipinski definition) is 6. The molecule has 6 nitrogen and oxygen atoms in total. The van der Waals surface area contributed by atoms with Crippen molar-refractivity contribution in [1.29, 1.82) is 0 Å². The molecule has 0 aliphatic rings. The number of anilines is 1. The predicted molar refractivity (Wildman–Crippen MR) is 72.3 cm³/mol. The monoisotopic (exact) mass is 299 g/mol. The standard InChI is InChI=1S/C11H13N3O3S2/c1-6-7(2)17-11(14-6)18-8-4-3-5-9(10(8)12)19(13,15)16/h3-5H,12H2,1-2H3,(H2,13,15,16). The van der Waals surface area contributed by atoms with E-state index in [-0.39, 0.29) is 10.6 Å². The lowest BCUT2D eigenvalue weighted by molar-refractivity contribution is 0.431. The molecule has 0 spiro atoms. The van der Waals surface area contributed by atoms with E-state index in [1.54, 1.807) is 19.1 Å². The predicted octanol–water partition coefficient (Wildman–Crippen LogP) is 1.67. The number of nitrogens with two attached hydrogens (primary N) is 2. The molecule has 0 radical (unpaired) electrons. The summed E-state index contributed by atoms with van der Waals surface area (Å²) >= 11 is 1.16. The number of nitrogens with zero attached hydrogens (tertiary/aromatic N) is 1. The second-order valence-corrected chi connectivity index (χ2v) is 6.46. The lowest BCUT2D eigenvalue weighted by Gasteiger charge is -2.07. The molecule has 8 heteroatoms. The minimum atomic E-state index is -3.84. The van der Waals surface area contributed by atoms with Gasteiger partial charge in [-0.15, -0.1) is 0 Å². The van der Waals surface area contributed by atoms with Crippen molar-refractivity contribution in [3.63, 3.8) is 0 Å². The number of sulfonamides is 1. The highest BCUT2D eigenvalue weighted by Gasteiger charge is 2.17. The summed E-state index contributed by atoms with van der Waals surface area (Å²) in [5.74, 6) is 0.712. The van der Waals surface area contributed by atoms with Gasteiger partial charge in [0.15, 0.2) is 0 Å². The van der Waals surface area contributed by atoms with Crippen LogP contribution in [0, 0.1) is 13.8 Å². The number of hydrogen-bond donors (Lipinski definition) is 2. The van der Waals surface area contributed by atoms with Crippen molar-refractivity contribution in [2.75, 3.05) is 5.73 Å². The Hall–Kier alpha value is -1.51. The number of oxazole rings is 1. The molecule has 0 aliphatic heterocycles. The van der Waals surface area contributed by atoms with Gasteiger partial charge in [0, 0.05) is 4.90 Å². The molecule has 2 rings (SSSR count). The third kappa shape index (κ3) is 2.91. The zero-order valence-electron chi connectivity index (χ0n) is 10.4. The Morgan fingerprint density at radius 3 is 2.53 bits per heavy atom. The van der Waals surface area contributed by atoms with Crippen LogP contribution in [0.2, 0.25) is 0 Å². The van der Waals surface area contributed by atoms with Gasteiger partial charge in [-0.1, -0.05) is 6.07 Å². The molecule has 0 amide bonds. The van der Waals surface area contributed by atoms with Crippen LogP contribution in [0.25, 0.3) is 0 Å². The average molecular weight is 299 g/mol. The van der Waals surface area contributed by atoms with E-state index in [1.165, 1.54) is 6.07 Å². The Balaban J connectivity index is 2.42. The summed E-state index contributed by atoms with van der Waals surface area (Å²) in [7, 11) is -3.84. The van der Waals surface area contributed by atoms with Crippen molar-refractivity contribution in [2.24, 2.45) is 5.14 Å². The highest BCUT2D eigenvalue weighted by Crippen LogP contribution is 2.35. The van der Waals surface area contributed by atoms with Crippen LogP contribution in [0.4, 0.5) is 5.69 Å². The van der Waals surface area contributed by atoms with Crippen molar-refractivity contribution in [2.45, 2.75) is 28.9 Å². The minimum Gasteiger partial charge on any atom is -0.436 e. The van der Waals surface area contributed by atoms with Gasteiger partial charge in [0.2, 0.25) is 10.0 Å². The van der Waals surface area contributed by atoms with Crippen molar-refractivity contribution < 1.29 is 12.8 Å². The molecule has 0 saturated heterocycles. The first kappa shape index (κ1) is 13.9. The molecular weight excluding hydrogens is 286 g/mol. The number of para-hydroxylation sites is 1. The van der Waals surface area contributed by atoms with Crippen LogP contribution in [0.1, 0.15) is 11.5 Å². The Morgan fingerprint density at radius 1 is 1.32 bits per heavy atom. The molecule has 1 heterocycles. The second-order valence-electron chi connectivity index (χ2n) is 3.94. The molecule has 4 N–H and O–H groups in total. The largest absolute Gasteiger partial charge is 0.436 e. The summed E-state index contributed by atoms with van der Waals surface area (Å²) in [4.78, 5) is 4.63. The summed E-state index contributed by atoms with van der Waals surface area (Å²) in [5.41, 5.74) is 6.69. The molecule has 2 aromatic rings. The van der Waals surface area contributed by atoms with Gasteiger partial charge in [0.1, 0.15) is 10.7 Å². The topological polar surface area (TPSA) is 112 Å². The third-order valence-corrected chi connectivity index (χ3v) is 4.43. The van der Waals surface area contributed by atoms with Crippen LogP contribution >= 0.6 is 11.8 Å². The smallest absolute Gasteiger partial charge is 0.261 e. The molecule has 0 bridgehead atoms. The van der Waals surface area contributed by atoms with E-state index >= 15 is 0 Å². The van der Waals surface area contributed by atoms with Gasteiger partial charge < -0.3 is 10.2 Å². The number of aryl methyl sites for hydroxylation is 2. The molecule has 1 aromatic carbocycles. The summed E-state index contributed by atoms with van der Waals surface area (Å²) in [6.07, 6.45) is 0. The van der Waals surface area contributed by atoms with Gasteiger partial charge in [0.25, 0.3) is 5.22 Å². The lowest BCUT2D eigenvalue weighted by atomic mass is 10.3. The van der Waals surface area contributed by atoms with Crippen molar-refractivity contribution in [3.8, 4) is 0 Å². The molecule has 19 heavy (non-hydrogen) atoms. The van der Waals surface area contributed by atoms with Crippen molar-refractivity contribution in [1.82, 2.24) is 4.98 Å². The second kappa shape index (κ2) is 4.87. The van der Waals surface area contributed by atoms with E-state index in [0.29, 0.717) is 15.9 Å². The Bertz CT molecular complexity index is 703. The van der Waals surface area contributed by atoms with Crippen LogP contribution < -0.4 is 10.9 Å². The maximum Gasteiger partial charge on any atom is 0.261 e. The number of rotatable bonds is 3. The average Bonchev–Trinajstić information content (AvgIpc) is 2.59. The van der Waals surface area contributed by atoms with E-state index in [2.05, 4.69) is 4.98 Å². The maximum absolute atomic E-state index is 11.4. The summed E-state index contributed by atoms with van der Waals surface area (Å²) in [5, 5.41) is 5.50. The zero-order valence-corrected chi connectivity index (χ0v) is 12.0. The summed E-state index contributed by atoms with van der Waals surface area (Å²) in [6.45, 7) is 3.63. The van der Waals surface area contributed by atoms with Gasteiger partial charge in [-0.05, 0) is 37.7 Å². The fourth-order valence-corrected chi connectivity index (χ4v) is 3.10. The molecule has 0 fully saturated rings. The first-order valence-electron chi connectivity index (χ1n) is 5.32. The molecule has 0 atom stereocenters. The third-order valence-electron chi connectivity index (χ3n) is 2.54. The van der Waals surface area contributed by atoms with Crippen molar-refractivity contribution in [3.05, 3.63) is 29.7 Å². The number of aromatic nitrogens is 1. The van der Waals surface area contributed by atoms with Gasteiger partial charge in [-0.3, -0.25) is 0 Å². The summed E-state index contributed by atoms with van der Waals surface area (Å²) in [6, 6.07) is 4.62. The van der Waals surface area contributed by atoms with E-state index in [4.69, 9.17) is 15.3 Å². The van der Waals surface area contributed by atoms with E-state index in [1.807, 2.05) is 6.92 Å². The van der Waals surface area contributed by atoms with Crippen molar-refractivity contribution >= 4 is 27.5 Å². The number of primary sulfonamides is 1. The molecule has 1 aromatic heterocycles. The van der Waals surface area contributed by atoms with Crippen LogP contribution in [-0.4, -0.2) is 13.4 Å². The zero-order chi connectivity index (χ0) is 14.2. The highest BCUT2D eigenvalue weighted by molar-refractivity contribution is 7.99. The van der Waals surface area contributed by atoms with Gasteiger partial charge in [-0.25, -0.2) is 18.5 Å². The maximum atomic E-state index is 11.4. The van der Waals surface area contributed by atoms with Crippen LogP contribution in [0.15, 0.2) is 37.6 Å². The van der Waals surface area contributed by atoms with Crippen LogP contribution in [-0.2, 0) is 10.0 Å². The fraction of sp³-hybridized carbons (Fsp3) is 0.182.